The van der Waals surface area contributed by atoms with Gasteiger partial charge in [0.25, 0.3) is 0 Å². The molecular formula is C16H23N3O. The topological polar surface area (TPSA) is 39.1 Å². The van der Waals surface area contributed by atoms with Crippen LogP contribution < -0.4 is 10.1 Å². The average molecular weight is 273 g/mol. The minimum Gasteiger partial charge on any atom is -0.494 e. The Kier molecular flexibility index (Phi) is 5.62. The molecular weight excluding hydrogens is 250 g/mol. The van der Waals surface area contributed by atoms with E-state index in [-0.39, 0.29) is 0 Å². The molecule has 4 heteroatoms. The normalized spacial score (nSPS) is 12.3. The Balaban J connectivity index is 1.73. The van der Waals surface area contributed by atoms with Crippen molar-refractivity contribution in [3.63, 3.8) is 0 Å². The number of hydrogen-bond acceptors (Lipinski definition) is 3. The summed E-state index contributed by atoms with van der Waals surface area (Å²) < 4.78 is 7.80. The van der Waals surface area contributed by atoms with Crippen LogP contribution in [0.4, 0.5) is 0 Å². The van der Waals surface area contributed by atoms with E-state index in [0.717, 1.165) is 31.9 Å². The first kappa shape index (κ1) is 14.6. The van der Waals surface area contributed by atoms with Crippen LogP contribution in [0.15, 0.2) is 43.0 Å². The van der Waals surface area contributed by atoms with E-state index in [9.17, 15) is 0 Å². The van der Waals surface area contributed by atoms with Crippen molar-refractivity contribution in [2.75, 3.05) is 13.2 Å². The van der Waals surface area contributed by atoms with Gasteiger partial charge in [-0.2, -0.15) is 0 Å². The third kappa shape index (κ3) is 4.38. The molecule has 0 radical (unpaired) electrons. The molecule has 4 nitrogen and oxygen atoms in total. The number of nitrogens with zero attached hydrogens (tertiary/aromatic N) is 2. The average Bonchev–Trinajstić information content (AvgIpc) is 2.98. The van der Waals surface area contributed by atoms with Crippen molar-refractivity contribution in [2.45, 2.75) is 32.9 Å². The summed E-state index contributed by atoms with van der Waals surface area (Å²) in [5, 5.41) is 3.40. The molecule has 1 atom stereocenters. The molecule has 0 saturated heterocycles. The smallest absolute Gasteiger partial charge is 0.119 e. The first-order valence-corrected chi connectivity index (χ1v) is 7.21. The van der Waals surface area contributed by atoms with Gasteiger partial charge in [0.2, 0.25) is 0 Å². The third-order valence-electron chi connectivity index (χ3n) is 3.28. The fraction of sp³-hybridized carbons (Fsp3) is 0.438. The zero-order valence-corrected chi connectivity index (χ0v) is 12.2. The van der Waals surface area contributed by atoms with Crippen LogP contribution in [0.5, 0.6) is 5.75 Å². The molecule has 20 heavy (non-hydrogen) atoms. The summed E-state index contributed by atoms with van der Waals surface area (Å²) in [6.45, 7) is 6.93. The van der Waals surface area contributed by atoms with E-state index >= 15 is 0 Å². The van der Waals surface area contributed by atoms with Crippen molar-refractivity contribution < 1.29 is 4.74 Å². The van der Waals surface area contributed by atoms with Gasteiger partial charge < -0.3 is 14.6 Å². The fourth-order valence-electron chi connectivity index (χ4n) is 2.13. The van der Waals surface area contributed by atoms with Gasteiger partial charge in [0.05, 0.1) is 12.9 Å². The van der Waals surface area contributed by atoms with Gasteiger partial charge in [-0.15, -0.1) is 0 Å². The summed E-state index contributed by atoms with van der Waals surface area (Å²) in [6.07, 6.45) is 6.57. The lowest BCUT2D eigenvalue weighted by Crippen LogP contribution is -2.17. The van der Waals surface area contributed by atoms with Crippen LogP contribution in [0, 0.1) is 0 Å². The Morgan fingerprint density at radius 1 is 1.30 bits per heavy atom. The molecule has 2 rings (SSSR count). The number of ether oxygens (including phenoxy) is 1. The number of aryl methyl sites for hydroxylation is 1. The fourth-order valence-corrected chi connectivity index (χ4v) is 2.13. The highest BCUT2D eigenvalue weighted by molar-refractivity contribution is 5.28. The first-order chi connectivity index (χ1) is 9.79. The van der Waals surface area contributed by atoms with E-state index in [1.54, 1.807) is 6.20 Å². The van der Waals surface area contributed by atoms with Crippen LogP contribution in [-0.2, 0) is 6.54 Å². The minimum absolute atomic E-state index is 0.385. The monoisotopic (exact) mass is 273 g/mol. The van der Waals surface area contributed by atoms with Crippen molar-refractivity contribution >= 4 is 0 Å². The second-order valence-electron chi connectivity index (χ2n) is 4.85. The third-order valence-corrected chi connectivity index (χ3v) is 3.28. The molecule has 1 aromatic heterocycles. The Morgan fingerprint density at radius 3 is 2.75 bits per heavy atom. The minimum atomic E-state index is 0.385. The van der Waals surface area contributed by atoms with Gasteiger partial charge in [-0.05, 0) is 37.6 Å². The molecule has 0 bridgehead atoms. The van der Waals surface area contributed by atoms with Gasteiger partial charge in [0, 0.05) is 25.0 Å². The summed E-state index contributed by atoms with van der Waals surface area (Å²) in [6, 6.07) is 8.72. The number of hydrogen-bond donors (Lipinski definition) is 1. The van der Waals surface area contributed by atoms with Crippen molar-refractivity contribution in [1.82, 2.24) is 14.9 Å². The van der Waals surface area contributed by atoms with E-state index in [4.69, 9.17) is 4.74 Å². The highest BCUT2D eigenvalue weighted by Gasteiger charge is 2.03. The van der Waals surface area contributed by atoms with Crippen LogP contribution in [0.25, 0.3) is 0 Å². The van der Waals surface area contributed by atoms with E-state index in [0.29, 0.717) is 6.04 Å². The van der Waals surface area contributed by atoms with Crippen molar-refractivity contribution in [1.29, 1.82) is 0 Å². The van der Waals surface area contributed by atoms with Crippen LogP contribution in [-0.4, -0.2) is 22.7 Å². The second-order valence-corrected chi connectivity index (χ2v) is 4.85. The SMILES string of the molecule is CCNC(C)c1ccc(OCCCn2ccnc2)cc1. The van der Waals surface area contributed by atoms with E-state index in [1.807, 2.05) is 24.7 Å². The number of benzene rings is 1. The first-order valence-electron chi connectivity index (χ1n) is 7.21. The molecule has 0 fully saturated rings. The van der Waals surface area contributed by atoms with Crippen molar-refractivity contribution in [2.24, 2.45) is 0 Å². The highest BCUT2D eigenvalue weighted by Crippen LogP contribution is 2.17. The number of rotatable bonds is 8. The Hall–Kier alpha value is -1.81. The van der Waals surface area contributed by atoms with Crippen LogP contribution >= 0.6 is 0 Å². The summed E-state index contributed by atoms with van der Waals surface area (Å²) >= 11 is 0. The molecule has 0 saturated carbocycles. The molecule has 1 N–H and O–H groups in total. The molecule has 0 amide bonds. The van der Waals surface area contributed by atoms with Crippen LogP contribution in [0.2, 0.25) is 0 Å². The molecule has 0 aliphatic rings. The van der Waals surface area contributed by atoms with E-state index < -0.39 is 0 Å². The lowest BCUT2D eigenvalue weighted by Gasteiger charge is -2.13. The van der Waals surface area contributed by atoms with E-state index in [2.05, 4.69) is 40.8 Å². The second kappa shape index (κ2) is 7.70. The Morgan fingerprint density at radius 2 is 2.10 bits per heavy atom. The van der Waals surface area contributed by atoms with Crippen molar-refractivity contribution in [3.05, 3.63) is 48.5 Å². The van der Waals surface area contributed by atoms with Crippen LogP contribution in [0.1, 0.15) is 31.9 Å². The lowest BCUT2D eigenvalue weighted by atomic mass is 10.1. The summed E-state index contributed by atoms with van der Waals surface area (Å²) in [5.74, 6) is 0.933. The van der Waals surface area contributed by atoms with Gasteiger partial charge in [-0.1, -0.05) is 19.1 Å². The van der Waals surface area contributed by atoms with Gasteiger partial charge >= 0.3 is 0 Å². The number of nitrogens with one attached hydrogen (secondary N) is 1. The van der Waals surface area contributed by atoms with Gasteiger partial charge in [-0.25, -0.2) is 4.98 Å². The lowest BCUT2D eigenvalue weighted by molar-refractivity contribution is 0.301. The summed E-state index contributed by atoms with van der Waals surface area (Å²) in [5.41, 5.74) is 1.29. The predicted molar refractivity (Wildman–Crippen MR) is 80.9 cm³/mol. The highest BCUT2D eigenvalue weighted by atomic mass is 16.5. The molecule has 1 aromatic carbocycles. The predicted octanol–water partition coefficient (Wildman–Crippen LogP) is 3.02. The largest absolute Gasteiger partial charge is 0.494 e. The number of aromatic nitrogens is 2. The molecule has 1 unspecified atom stereocenters. The summed E-state index contributed by atoms with van der Waals surface area (Å²) in [4.78, 5) is 4.02. The summed E-state index contributed by atoms with van der Waals surface area (Å²) in [7, 11) is 0. The maximum Gasteiger partial charge on any atom is 0.119 e. The Bertz CT molecular complexity index is 479. The molecule has 0 aliphatic carbocycles. The van der Waals surface area contributed by atoms with Gasteiger partial charge in [0.15, 0.2) is 0 Å². The maximum absolute atomic E-state index is 5.74. The number of imidazole rings is 1. The molecule has 0 spiro atoms. The van der Waals surface area contributed by atoms with Gasteiger partial charge in [-0.3, -0.25) is 0 Å². The van der Waals surface area contributed by atoms with Crippen molar-refractivity contribution in [3.8, 4) is 5.75 Å². The Labute approximate surface area is 120 Å². The molecule has 2 aromatic rings. The van der Waals surface area contributed by atoms with Crippen LogP contribution in [0.3, 0.4) is 0 Å². The van der Waals surface area contributed by atoms with Gasteiger partial charge in [0.1, 0.15) is 5.75 Å². The quantitative estimate of drug-likeness (QED) is 0.751. The van der Waals surface area contributed by atoms with E-state index in [1.165, 1.54) is 5.56 Å². The molecule has 0 aliphatic heterocycles. The maximum atomic E-state index is 5.74. The zero-order chi connectivity index (χ0) is 14.2. The molecule has 1 heterocycles. The standard InChI is InChI=1S/C16H23N3O/c1-3-18-14(2)15-5-7-16(8-6-15)20-12-4-10-19-11-9-17-13-19/h5-9,11,13-14,18H,3-4,10,12H2,1-2H3. The zero-order valence-electron chi connectivity index (χ0n) is 12.2. The molecule has 108 valence electrons.